The topological polar surface area (TPSA) is 38.7 Å². The van der Waals surface area contributed by atoms with E-state index in [1.807, 2.05) is 6.92 Å². The normalized spacial score (nSPS) is 12.7. The summed E-state index contributed by atoms with van der Waals surface area (Å²) in [6.07, 6.45) is 0.166. The summed E-state index contributed by atoms with van der Waals surface area (Å²) in [5.74, 6) is 0. The van der Waals surface area contributed by atoms with E-state index in [9.17, 15) is 5.11 Å². The smallest absolute Gasteiger partial charge is 0.0814 e. The van der Waals surface area contributed by atoms with Crippen molar-refractivity contribution in [1.29, 1.82) is 0 Å². The number of benzene rings is 1. The first-order chi connectivity index (χ1) is 8.56. The molecule has 102 valence electrons. The molecule has 0 spiro atoms. The van der Waals surface area contributed by atoms with Crippen LogP contribution in [0.5, 0.6) is 0 Å². The molecule has 1 atom stereocenters. The van der Waals surface area contributed by atoms with Gasteiger partial charge in [0.05, 0.1) is 19.3 Å². The zero-order valence-electron chi connectivity index (χ0n) is 11.8. The van der Waals surface area contributed by atoms with Crippen molar-refractivity contribution >= 4 is 0 Å². The van der Waals surface area contributed by atoms with Gasteiger partial charge in [-0.05, 0) is 43.0 Å². The molecule has 0 bridgehead atoms. The van der Waals surface area contributed by atoms with E-state index in [0.29, 0.717) is 26.2 Å². The van der Waals surface area contributed by atoms with Gasteiger partial charge in [0.2, 0.25) is 0 Å². The molecule has 0 radical (unpaired) electrons. The van der Waals surface area contributed by atoms with Gasteiger partial charge in [-0.3, -0.25) is 0 Å². The summed E-state index contributed by atoms with van der Waals surface area (Å²) in [6, 6.07) is 4.20. The molecule has 3 heteroatoms. The van der Waals surface area contributed by atoms with Crippen molar-refractivity contribution < 1.29 is 14.6 Å². The zero-order valence-corrected chi connectivity index (χ0v) is 11.8. The lowest BCUT2D eigenvalue weighted by atomic mass is 9.96. The van der Waals surface area contributed by atoms with E-state index in [4.69, 9.17) is 9.47 Å². The summed E-state index contributed by atoms with van der Waals surface area (Å²) in [5, 5.41) is 10.2. The highest BCUT2D eigenvalue weighted by atomic mass is 16.5. The zero-order chi connectivity index (χ0) is 13.5. The molecule has 0 amide bonds. The first-order valence-corrected chi connectivity index (χ1v) is 6.38. The summed E-state index contributed by atoms with van der Waals surface area (Å²) in [5.41, 5.74) is 4.63. The molecule has 1 unspecified atom stereocenters. The average Bonchev–Trinajstić information content (AvgIpc) is 2.33. The van der Waals surface area contributed by atoms with Crippen molar-refractivity contribution in [1.82, 2.24) is 0 Å². The molecule has 1 aromatic carbocycles. The summed E-state index contributed by atoms with van der Waals surface area (Å²) in [6.45, 7) is 7.92. The number of aliphatic hydroxyl groups excluding tert-OH is 1. The monoisotopic (exact) mass is 252 g/mol. The van der Waals surface area contributed by atoms with Gasteiger partial charge < -0.3 is 14.6 Å². The molecule has 0 fully saturated rings. The van der Waals surface area contributed by atoms with Gasteiger partial charge in [0.25, 0.3) is 0 Å². The second-order valence-electron chi connectivity index (χ2n) is 4.70. The minimum absolute atomic E-state index is 0.452. The van der Waals surface area contributed by atoms with E-state index >= 15 is 0 Å². The Labute approximate surface area is 110 Å². The first-order valence-electron chi connectivity index (χ1n) is 6.38. The Morgan fingerprint density at radius 2 is 1.67 bits per heavy atom. The van der Waals surface area contributed by atoms with E-state index < -0.39 is 6.10 Å². The molecule has 0 aliphatic carbocycles. The van der Waals surface area contributed by atoms with Crippen LogP contribution < -0.4 is 0 Å². The van der Waals surface area contributed by atoms with Gasteiger partial charge in [0.1, 0.15) is 0 Å². The number of ether oxygens (including phenoxy) is 2. The SMILES string of the molecule is COCCOCCC(O)c1cc(C)c(C)cc1C. The number of hydrogen-bond acceptors (Lipinski definition) is 3. The summed E-state index contributed by atoms with van der Waals surface area (Å²) in [4.78, 5) is 0. The molecular formula is C15H24O3. The Kier molecular flexibility index (Phi) is 6.33. The van der Waals surface area contributed by atoms with Crippen molar-refractivity contribution in [3.63, 3.8) is 0 Å². The molecule has 3 nitrogen and oxygen atoms in total. The van der Waals surface area contributed by atoms with Crippen LogP contribution in [0.2, 0.25) is 0 Å². The van der Waals surface area contributed by atoms with Gasteiger partial charge in [0, 0.05) is 20.1 Å². The van der Waals surface area contributed by atoms with Crippen LogP contribution in [0.25, 0.3) is 0 Å². The van der Waals surface area contributed by atoms with Crippen molar-refractivity contribution in [2.45, 2.75) is 33.3 Å². The third-order valence-electron chi connectivity index (χ3n) is 3.21. The van der Waals surface area contributed by atoms with Crippen LogP contribution in [0.1, 0.15) is 34.8 Å². The average molecular weight is 252 g/mol. The maximum atomic E-state index is 10.2. The Morgan fingerprint density at radius 3 is 2.33 bits per heavy atom. The Balaban J connectivity index is 2.51. The second kappa shape index (κ2) is 7.52. The van der Waals surface area contributed by atoms with Crippen molar-refractivity contribution in [3.05, 3.63) is 34.4 Å². The fourth-order valence-electron chi connectivity index (χ4n) is 1.94. The summed E-state index contributed by atoms with van der Waals surface area (Å²) < 4.78 is 10.3. The standard InChI is InChI=1S/C15H24O3/c1-11-9-13(3)14(10-12(11)2)15(16)5-6-18-8-7-17-4/h9-10,15-16H,5-8H2,1-4H3. The highest BCUT2D eigenvalue weighted by molar-refractivity contribution is 5.37. The minimum atomic E-state index is -0.452. The van der Waals surface area contributed by atoms with Crippen LogP contribution in [-0.4, -0.2) is 32.0 Å². The third kappa shape index (κ3) is 4.41. The predicted octanol–water partition coefficient (Wildman–Crippen LogP) is 2.70. The maximum Gasteiger partial charge on any atom is 0.0814 e. The van der Waals surface area contributed by atoms with Gasteiger partial charge in [-0.2, -0.15) is 0 Å². The van der Waals surface area contributed by atoms with Gasteiger partial charge in [-0.25, -0.2) is 0 Å². The fourth-order valence-corrected chi connectivity index (χ4v) is 1.94. The largest absolute Gasteiger partial charge is 0.388 e. The van der Waals surface area contributed by atoms with E-state index in [1.165, 1.54) is 11.1 Å². The van der Waals surface area contributed by atoms with Crippen LogP contribution in [-0.2, 0) is 9.47 Å². The maximum absolute atomic E-state index is 10.2. The molecule has 0 saturated carbocycles. The van der Waals surface area contributed by atoms with E-state index in [-0.39, 0.29) is 0 Å². The van der Waals surface area contributed by atoms with Gasteiger partial charge >= 0.3 is 0 Å². The van der Waals surface area contributed by atoms with E-state index in [2.05, 4.69) is 26.0 Å². The first kappa shape index (κ1) is 15.2. The summed E-state index contributed by atoms with van der Waals surface area (Å²) >= 11 is 0. The molecule has 0 aliphatic rings. The van der Waals surface area contributed by atoms with Crippen LogP contribution >= 0.6 is 0 Å². The summed E-state index contributed by atoms with van der Waals surface area (Å²) in [7, 11) is 1.65. The molecule has 0 heterocycles. The second-order valence-corrected chi connectivity index (χ2v) is 4.70. The quantitative estimate of drug-likeness (QED) is 0.758. The fraction of sp³-hybridized carbons (Fsp3) is 0.600. The van der Waals surface area contributed by atoms with E-state index in [1.54, 1.807) is 7.11 Å². The minimum Gasteiger partial charge on any atom is -0.388 e. The predicted molar refractivity (Wildman–Crippen MR) is 72.9 cm³/mol. The number of hydrogen-bond donors (Lipinski definition) is 1. The number of methoxy groups -OCH3 is 1. The lowest BCUT2D eigenvalue weighted by Gasteiger charge is -2.16. The molecule has 0 aliphatic heterocycles. The van der Waals surface area contributed by atoms with E-state index in [0.717, 1.165) is 11.1 Å². The Morgan fingerprint density at radius 1 is 1.00 bits per heavy atom. The lowest BCUT2D eigenvalue weighted by molar-refractivity contribution is 0.0474. The number of aliphatic hydroxyl groups is 1. The lowest BCUT2D eigenvalue weighted by Crippen LogP contribution is -2.08. The van der Waals surface area contributed by atoms with Crippen molar-refractivity contribution in [2.75, 3.05) is 26.9 Å². The Bertz CT molecular complexity index is 374. The van der Waals surface area contributed by atoms with Crippen LogP contribution in [0.4, 0.5) is 0 Å². The van der Waals surface area contributed by atoms with Crippen LogP contribution in [0.3, 0.4) is 0 Å². The van der Waals surface area contributed by atoms with Crippen molar-refractivity contribution in [3.8, 4) is 0 Å². The molecule has 1 N–H and O–H groups in total. The van der Waals surface area contributed by atoms with Gasteiger partial charge in [-0.1, -0.05) is 12.1 Å². The van der Waals surface area contributed by atoms with Crippen LogP contribution in [0, 0.1) is 20.8 Å². The van der Waals surface area contributed by atoms with Gasteiger partial charge in [-0.15, -0.1) is 0 Å². The number of aryl methyl sites for hydroxylation is 3. The Hall–Kier alpha value is -0.900. The molecule has 0 saturated heterocycles. The number of rotatable bonds is 7. The van der Waals surface area contributed by atoms with Gasteiger partial charge in [0.15, 0.2) is 0 Å². The van der Waals surface area contributed by atoms with Crippen LogP contribution in [0.15, 0.2) is 12.1 Å². The molecule has 18 heavy (non-hydrogen) atoms. The molecular weight excluding hydrogens is 228 g/mol. The highest BCUT2D eigenvalue weighted by Crippen LogP contribution is 2.23. The highest BCUT2D eigenvalue weighted by Gasteiger charge is 2.11. The molecule has 1 rings (SSSR count). The molecule has 1 aromatic rings. The van der Waals surface area contributed by atoms with Crippen molar-refractivity contribution in [2.24, 2.45) is 0 Å². The third-order valence-corrected chi connectivity index (χ3v) is 3.21. The molecule has 0 aromatic heterocycles.